The average Bonchev–Trinajstić information content (AvgIpc) is 2.84. The van der Waals surface area contributed by atoms with Gasteiger partial charge in [0.05, 0.1) is 6.61 Å². The number of nitrogens with zero attached hydrogens (tertiary/aromatic N) is 1. The molecule has 1 fully saturated rings. The molecule has 1 amide bonds. The van der Waals surface area contributed by atoms with Gasteiger partial charge in [-0.1, -0.05) is 26.0 Å². The lowest BCUT2D eigenvalue weighted by molar-refractivity contribution is -0.157. The first-order valence-electron chi connectivity index (χ1n) is 7.70. The Labute approximate surface area is 121 Å². The van der Waals surface area contributed by atoms with Gasteiger partial charge in [-0.3, -0.25) is 4.79 Å². The number of carbonyl (C=O) groups is 2. The van der Waals surface area contributed by atoms with E-state index in [0.29, 0.717) is 25.5 Å². The quantitative estimate of drug-likeness (QED) is 0.574. The molecular weight excluding hydrogens is 254 g/mol. The van der Waals surface area contributed by atoms with Gasteiger partial charge in [0.25, 0.3) is 0 Å². The van der Waals surface area contributed by atoms with Crippen molar-refractivity contribution in [2.45, 2.75) is 52.0 Å². The van der Waals surface area contributed by atoms with Crippen LogP contribution in [0.2, 0.25) is 0 Å². The summed E-state index contributed by atoms with van der Waals surface area (Å²) >= 11 is 0. The zero-order valence-electron chi connectivity index (χ0n) is 12.5. The minimum absolute atomic E-state index is 0.0845. The molecule has 0 N–H and O–H groups in total. The van der Waals surface area contributed by atoms with Crippen molar-refractivity contribution in [2.75, 3.05) is 13.2 Å². The maximum Gasteiger partial charge on any atom is 0.329 e. The van der Waals surface area contributed by atoms with Crippen LogP contribution in [0.5, 0.6) is 0 Å². The molecule has 0 aromatic carbocycles. The summed E-state index contributed by atoms with van der Waals surface area (Å²) < 4.78 is 5.50. The number of amides is 1. The van der Waals surface area contributed by atoms with E-state index in [1.54, 1.807) is 4.90 Å². The fourth-order valence-electron chi connectivity index (χ4n) is 3.02. The predicted octanol–water partition coefficient (Wildman–Crippen LogP) is 2.53. The van der Waals surface area contributed by atoms with Crippen LogP contribution in [0.25, 0.3) is 0 Å². The smallest absolute Gasteiger partial charge is 0.329 e. The summed E-state index contributed by atoms with van der Waals surface area (Å²) in [7, 11) is 0. The van der Waals surface area contributed by atoms with Gasteiger partial charge in [-0.25, -0.2) is 4.79 Å². The van der Waals surface area contributed by atoms with Crippen molar-refractivity contribution in [3.63, 3.8) is 0 Å². The first-order chi connectivity index (χ1) is 9.59. The molecule has 2 unspecified atom stereocenters. The van der Waals surface area contributed by atoms with E-state index in [0.717, 1.165) is 25.7 Å². The van der Waals surface area contributed by atoms with Crippen molar-refractivity contribution in [2.24, 2.45) is 11.8 Å². The standard InChI is InChI=1S/C16H25NO3/c1-12(2)15(17-10-6-9-14(17)18)16(19)20-11-13-7-4-3-5-8-13/h3-4,12-13,15H,5-11H2,1-2H3. The summed E-state index contributed by atoms with van der Waals surface area (Å²) in [6.07, 6.45) is 8.89. The van der Waals surface area contributed by atoms with Gasteiger partial charge in [-0.15, -0.1) is 0 Å². The maximum atomic E-state index is 12.3. The van der Waals surface area contributed by atoms with Crippen LogP contribution >= 0.6 is 0 Å². The van der Waals surface area contributed by atoms with Crippen LogP contribution in [-0.4, -0.2) is 36.0 Å². The van der Waals surface area contributed by atoms with E-state index in [-0.39, 0.29) is 17.8 Å². The molecule has 20 heavy (non-hydrogen) atoms. The summed E-state index contributed by atoms with van der Waals surface area (Å²) in [6, 6.07) is -0.413. The lowest BCUT2D eigenvalue weighted by Crippen LogP contribution is -2.46. The molecule has 0 saturated carbocycles. The van der Waals surface area contributed by atoms with Gasteiger partial charge >= 0.3 is 5.97 Å². The molecule has 2 atom stereocenters. The molecule has 1 aliphatic heterocycles. The monoisotopic (exact) mass is 279 g/mol. The lowest BCUT2D eigenvalue weighted by atomic mass is 9.95. The number of esters is 1. The Hall–Kier alpha value is -1.32. The van der Waals surface area contributed by atoms with Gasteiger partial charge in [-0.05, 0) is 37.5 Å². The molecule has 0 bridgehead atoms. The Balaban J connectivity index is 1.90. The number of carbonyl (C=O) groups excluding carboxylic acids is 2. The van der Waals surface area contributed by atoms with Crippen LogP contribution in [0, 0.1) is 11.8 Å². The van der Waals surface area contributed by atoms with Crippen molar-refractivity contribution < 1.29 is 14.3 Å². The van der Waals surface area contributed by atoms with Gasteiger partial charge in [0, 0.05) is 13.0 Å². The summed E-state index contributed by atoms with van der Waals surface area (Å²) in [4.78, 5) is 25.9. The molecule has 0 aromatic rings. The highest BCUT2D eigenvalue weighted by atomic mass is 16.5. The fraction of sp³-hybridized carbons (Fsp3) is 0.750. The Kier molecular flexibility index (Phi) is 5.21. The van der Waals surface area contributed by atoms with Gasteiger partial charge in [0.15, 0.2) is 0 Å². The molecule has 1 heterocycles. The molecule has 2 aliphatic rings. The largest absolute Gasteiger partial charge is 0.464 e. The zero-order chi connectivity index (χ0) is 14.5. The molecule has 1 aliphatic carbocycles. The second-order valence-electron chi connectivity index (χ2n) is 6.16. The SMILES string of the molecule is CC(C)C(C(=O)OCC1CC=CCC1)N1CCCC1=O. The second kappa shape index (κ2) is 6.91. The number of rotatable bonds is 5. The van der Waals surface area contributed by atoms with Crippen molar-refractivity contribution in [1.29, 1.82) is 0 Å². The van der Waals surface area contributed by atoms with E-state index in [2.05, 4.69) is 12.2 Å². The summed E-state index contributed by atoms with van der Waals surface area (Å²) in [5, 5.41) is 0. The minimum Gasteiger partial charge on any atom is -0.464 e. The Bertz CT molecular complexity index is 389. The van der Waals surface area contributed by atoms with Crippen molar-refractivity contribution in [3.05, 3.63) is 12.2 Å². The van der Waals surface area contributed by atoms with E-state index < -0.39 is 6.04 Å². The van der Waals surface area contributed by atoms with E-state index in [1.807, 2.05) is 13.8 Å². The minimum atomic E-state index is -0.413. The van der Waals surface area contributed by atoms with E-state index in [9.17, 15) is 9.59 Å². The molecule has 1 saturated heterocycles. The number of likely N-dealkylation sites (tertiary alicyclic amines) is 1. The van der Waals surface area contributed by atoms with Gasteiger partial charge < -0.3 is 9.64 Å². The predicted molar refractivity (Wildman–Crippen MR) is 77.0 cm³/mol. The van der Waals surface area contributed by atoms with Crippen LogP contribution in [0.1, 0.15) is 46.0 Å². The van der Waals surface area contributed by atoms with Gasteiger partial charge in [0.1, 0.15) is 6.04 Å². The van der Waals surface area contributed by atoms with Crippen LogP contribution in [-0.2, 0) is 14.3 Å². The second-order valence-corrected chi connectivity index (χ2v) is 6.16. The fourth-order valence-corrected chi connectivity index (χ4v) is 3.02. The van der Waals surface area contributed by atoms with Crippen LogP contribution in [0.4, 0.5) is 0 Å². The molecule has 0 radical (unpaired) electrons. The first kappa shape index (κ1) is 15.1. The average molecular weight is 279 g/mol. The third kappa shape index (κ3) is 3.62. The normalized spacial score (nSPS) is 24.2. The van der Waals surface area contributed by atoms with E-state index in [4.69, 9.17) is 4.74 Å². The topological polar surface area (TPSA) is 46.6 Å². The zero-order valence-corrected chi connectivity index (χ0v) is 12.5. The maximum absolute atomic E-state index is 12.3. The van der Waals surface area contributed by atoms with Crippen LogP contribution < -0.4 is 0 Å². The number of ether oxygens (including phenoxy) is 1. The van der Waals surface area contributed by atoms with E-state index >= 15 is 0 Å². The third-order valence-electron chi connectivity index (χ3n) is 4.16. The van der Waals surface area contributed by atoms with Crippen molar-refractivity contribution in [1.82, 2.24) is 4.90 Å². The highest BCUT2D eigenvalue weighted by molar-refractivity contribution is 5.86. The molecule has 2 rings (SSSR count). The Morgan fingerprint density at radius 2 is 2.25 bits per heavy atom. The van der Waals surface area contributed by atoms with Crippen molar-refractivity contribution in [3.8, 4) is 0 Å². The Morgan fingerprint density at radius 1 is 1.45 bits per heavy atom. The third-order valence-corrected chi connectivity index (χ3v) is 4.16. The number of hydrogen-bond donors (Lipinski definition) is 0. The van der Waals surface area contributed by atoms with Gasteiger partial charge in [-0.2, -0.15) is 0 Å². The highest BCUT2D eigenvalue weighted by Gasteiger charge is 2.36. The van der Waals surface area contributed by atoms with Crippen LogP contribution in [0.3, 0.4) is 0 Å². The first-order valence-corrected chi connectivity index (χ1v) is 7.70. The molecule has 4 nitrogen and oxygen atoms in total. The summed E-state index contributed by atoms with van der Waals surface area (Å²) in [5.74, 6) is 0.382. The molecule has 0 spiro atoms. The number of hydrogen-bond acceptors (Lipinski definition) is 3. The van der Waals surface area contributed by atoms with Gasteiger partial charge in [0.2, 0.25) is 5.91 Å². The van der Waals surface area contributed by atoms with E-state index in [1.165, 1.54) is 0 Å². The summed E-state index contributed by atoms with van der Waals surface area (Å²) in [6.45, 7) is 5.11. The lowest BCUT2D eigenvalue weighted by Gasteiger charge is -2.29. The van der Waals surface area contributed by atoms with Crippen molar-refractivity contribution >= 4 is 11.9 Å². The number of allylic oxidation sites excluding steroid dienone is 2. The summed E-state index contributed by atoms with van der Waals surface area (Å²) in [5.41, 5.74) is 0. The Morgan fingerprint density at radius 3 is 2.80 bits per heavy atom. The molecule has 112 valence electrons. The molecular formula is C16H25NO3. The molecule has 0 aromatic heterocycles. The van der Waals surface area contributed by atoms with Crippen LogP contribution in [0.15, 0.2) is 12.2 Å². The molecule has 4 heteroatoms. The highest BCUT2D eigenvalue weighted by Crippen LogP contribution is 2.22.